The van der Waals surface area contributed by atoms with Crippen molar-refractivity contribution in [3.8, 4) is 0 Å². The lowest BCUT2D eigenvalue weighted by Crippen LogP contribution is -2.32. The smallest absolute Gasteiger partial charge is 0.223 e. The third-order valence-corrected chi connectivity index (χ3v) is 8.43. The van der Waals surface area contributed by atoms with Gasteiger partial charge in [0.05, 0.1) is 15.0 Å². The lowest BCUT2D eigenvalue weighted by molar-refractivity contribution is 0.475. The third kappa shape index (κ3) is 3.57. The topological polar surface area (TPSA) is 71.5 Å². The van der Waals surface area contributed by atoms with E-state index < -0.39 is 30.9 Å². The Hall–Kier alpha value is -1.48. The van der Waals surface area contributed by atoms with Gasteiger partial charge in [0, 0.05) is 18.1 Å². The summed E-state index contributed by atoms with van der Waals surface area (Å²) in [5.74, 6) is -0.661. The maximum atomic E-state index is 13.3. The number of hydrogen-bond donors (Lipinski definition) is 0. The summed E-state index contributed by atoms with van der Waals surface area (Å²) < 4.78 is 64.9. The molecule has 1 atom stereocenters. The van der Waals surface area contributed by atoms with Gasteiger partial charge in [-0.3, -0.25) is 0 Å². The summed E-state index contributed by atoms with van der Waals surface area (Å²) in [7, 11) is -7.61. The standard InChI is InChI=1S/C16H15ClFNO4S2/c17-12-4-6-14(7-5-12)24(20,21)16-8-9-19(11-16)25(22,23)15-3-1-2-13(18)10-15/h1-7,10,16H,8-9,11H2. The molecule has 0 aliphatic carbocycles. The van der Waals surface area contributed by atoms with Gasteiger partial charge in [-0.1, -0.05) is 17.7 Å². The van der Waals surface area contributed by atoms with E-state index in [1.54, 1.807) is 0 Å². The van der Waals surface area contributed by atoms with Crippen LogP contribution in [-0.4, -0.2) is 39.5 Å². The highest BCUT2D eigenvalue weighted by atomic mass is 35.5. The Morgan fingerprint density at radius 1 is 1.00 bits per heavy atom. The lowest BCUT2D eigenvalue weighted by Gasteiger charge is -2.17. The van der Waals surface area contributed by atoms with Gasteiger partial charge >= 0.3 is 0 Å². The van der Waals surface area contributed by atoms with E-state index in [1.165, 1.54) is 36.4 Å². The van der Waals surface area contributed by atoms with Crippen LogP contribution in [0.15, 0.2) is 58.3 Å². The van der Waals surface area contributed by atoms with Crippen LogP contribution in [0, 0.1) is 5.82 Å². The normalized spacial score (nSPS) is 19.2. The number of sulfonamides is 1. The molecule has 2 aromatic carbocycles. The number of halogens is 2. The molecule has 1 unspecified atom stereocenters. The summed E-state index contributed by atoms with van der Waals surface area (Å²) in [6.07, 6.45) is 0.180. The van der Waals surface area contributed by atoms with Gasteiger partial charge in [0.2, 0.25) is 10.0 Å². The van der Waals surface area contributed by atoms with Gasteiger partial charge in [-0.2, -0.15) is 4.31 Å². The fourth-order valence-electron chi connectivity index (χ4n) is 2.76. The average molecular weight is 404 g/mol. The quantitative estimate of drug-likeness (QED) is 0.786. The molecule has 5 nitrogen and oxygen atoms in total. The van der Waals surface area contributed by atoms with Crippen LogP contribution < -0.4 is 0 Å². The minimum atomic E-state index is -3.94. The van der Waals surface area contributed by atoms with E-state index in [9.17, 15) is 21.2 Å². The first kappa shape index (κ1) is 18.3. The lowest BCUT2D eigenvalue weighted by atomic mass is 10.4. The first-order valence-electron chi connectivity index (χ1n) is 7.46. The Morgan fingerprint density at radius 2 is 1.68 bits per heavy atom. The Balaban J connectivity index is 1.85. The minimum Gasteiger partial charge on any atom is -0.223 e. The monoisotopic (exact) mass is 403 g/mol. The molecule has 1 fully saturated rings. The van der Waals surface area contributed by atoms with E-state index in [-0.39, 0.29) is 29.3 Å². The molecule has 0 amide bonds. The Morgan fingerprint density at radius 3 is 2.32 bits per heavy atom. The Kier molecular flexibility index (Phi) is 4.89. The average Bonchev–Trinajstić information content (AvgIpc) is 3.07. The molecule has 0 aromatic heterocycles. The summed E-state index contributed by atoms with van der Waals surface area (Å²) in [5, 5.41) is -0.433. The molecule has 0 N–H and O–H groups in total. The molecule has 1 heterocycles. The largest absolute Gasteiger partial charge is 0.243 e. The van der Waals surface area contributed by atoms with Gasteiger partial charge in [0.15, 0.2) is 9.84 Å². The number of rotatable bonds is 4. The molecular weight excluding hydrogens is 389 g/mol. The summed E-state index contributed by atoms with van der Waals surface area (Å²) in [6.45, 7) is -0.0971. The van der Waals surface area contributed by atoms with Crippen LogP contribution >= 0.6 is 11.6 Å². The Bertz CT molecular complexity index is 991. The van der Waals surface area contributed by atoms with Crippen molar-refractivity contribution in [2.24, 2.45) is 0 Å². The molecule has 0 saturated carbocycles. The van der Waals surface area contributed by atoms with E-state index in [2.05, 4.69) is 0 Å². The second-order valence-electron chi connectivity index (χ2n) is 5.73. The van der Waals surface area contributed by atoms with Gasteiger partial charge in [-0.15, -0.1) is 0 Å². The minimum absolute atomic E-state index is 0.0658. The van der Waals surface area contributed by atoms with E-state index in [0.717, 1.165) is 16.4 Å². The number of hydrogen-bond acceptors (Lipinski definition) is 4. The fourth-order valence-corrected chi connectivity index (χ4v) is 6.21. The van der Waals surface area contributed by atoms with Crippen LogP contribution in [0.1, 0.15) is 6.42 Å². The zero-order chi connectivity index (χ0) is 18.2. The highest BCUT2D eigenvalue weighted by Crippen LogP contribution is 2.28. The van der Waals surface area contributed by atoms with Crippen LogP contribution in [0.5, 0.6) is 0 Å². The van der Waals surface area contributed by atoms with Gasteiger partial charge in [0.25, 0.3) is 0 Å². The highest BCUT2D eigenvalue weighted by Gasteiger charge is 2.39. The van der Waals surface area contributed by atoms with Gasteiger partial charge < -0.3 is 0 Å². The first-order valence-corrected chi connectivity index (χ1v) is 10.8. The molecule has 0 spiro atoms. The summed E-state index contributed by atoms with van der Waals surface area (Å²) in [5.41, 5.74) is 0. The summed E-state index contributed by atoms with van der Waals surface area (Å²) in [6, 6.07) is 10.4. The van der Waals surface area contributed by atoms with Crippen molar-refractivity contribution >= 4 is 31.5 Å². The number of sulfone groups is 1. The highest BCUT2D eigenvalue weighted by molar-refractivity contribution is 7.92. The van der Waals surface area contributed by atoms with Gasteiger partial charge in [-0.05, 0) is 48.9 Å². The van der Waals surface area contributed by atoms with Crippen molar-refractivity contribution in [1.29, 1.82) is 0 Å². The van der Waals surface area contributed by atoms with Gasteiger partial charge in [-0.25, -0.2) is 21.2 Å². The molecular formula is C16H15ClFNO4S2. The van der Waals surface area contributed by atoms with Crippen LogP contribution in [0.3, 0.4) is 0 Å². The molecule has 3 rings (SSSR count). The van der Waals surface area contributed by atoms with E-state index in [4.69, 9.17) is 11.6 Å². The predicted molar refractivity (Wildman–Crippen MR) is 92.2 cm³/mol. The molecule has 134 valence electrons. The van der Waals surface area contributed by atoms with Crippen LogP contribution in [0.4, 0.5) is 4.39 Å². The first-order chi connectivity index (χ1) is 11.7. The molecule has 1 aliphatic rings. The van der Waals surface area contributed by atoms with Crippen molar-refractivity contribution in [2.45, 2.75) is 21.5 Å². The van der Waals surface area contributed by atoms with E-state index in [1.807, 2.05) is 0 Å². The van der Waals surface area contributed by atoms with Crippen LogP contribution in [0.2, 0.25) is 5.02 Å². The van der Waals surface area contributed by atoms with Crippen LogP contribution in [-0.2, 0) is 19.9 Å². The fraction of sp³-hybridized carbons (Fsp3) is 0.250. The summed E-state index contributed by atoms with van der Waals surface area (Å²) >= 11 is 5.77. The number of nitrogens with zero attached hydrogens (tertiary/aromatic N) is 1. The molecule has 1 saturated heterocycles. The van der Waals surface area contributed by atoms with Crippen molar-refractivity contribution in [1.82, 2.24) is 4.31 Å². The van der Waals surface area contributed by atoms with Gasteiger partial charge in [0.1, 0.15) is 5.82 Å². The van der Waals surface area contributed by atoms with Crippen molar-refractivity contribution in [2.75, 3.05) is 13.1 Å². The Labute approximate surface area is 151 Å². The maximum Gasteiger partial charge on any atom is 0.243 e. The zero-order valence-electron chi connectivity index (χ0n) is 13.0. The summed E-state index contributed by atoms with van der Waals surface area (Å²) in [4.78, 5) is -0.0797. The molecule has 9 heteroatoms. The molecule has 0 radical (unpaired) electrons. The zero-order valence-corrected chi connectivity index (χ0v) is 15.4. The molecule has 2 aromatic rings. The number of benzene rings is 2. The van der Waals surface area contributed by atoms with Crippen molar-refractivity contribution in [3.05, 3.63) is 59.4 Å². The SMILES string of the molecule is O=S(=O)(c1ccc(Cl)cc1)C1CCN(S(=O)(=O)c2cccc(F)c2)C1. The molecule has 1 aliphatic heterocycles. The molecule has 25 heavy (non-hydrogen) atoms. The third-order valence-electron chi connectivity index (χ3n) is 4.12. The molecule has 0 bridgehead atoms. The van der Waals surface area contributed by atoms with Crippen molar-refractivity contribution < 1.29 is 21.2 Å². The second-order valence-corrected chi connectivity index (χ2v) is 10.3. The maximum absolute atomic E-state index is 13.3. The van der Waals surface area contributed by atoms with E-state index >= 15 is 0 Å². The van der Waals surface area contributed by atoms with Crippen LogP contribution in [0.25, 0.3) is 0 Å². The van der Waals surface area contributed by atoms with Crippen molar-refractivity contribution in [3.63, 3.8) is 0 Å². The predicted octanol–water partition coefficient (Wildman–Crippen LogP) is 2.72. The second kappa shape index (κ2) is 6.68. The van der Waals surface area contributed by atoms with E-state index in [0.29, 0.717) is 5.02 Å².